The number of aliphatic carboxylic acids is 1. The molecule has 0 fully saturated rings. The number of aryl methyl sites for hydroxylation is 1. The number of carbonyl (C=O) groups is 2. The maximum Gasteiger partial charge on any atom is 0.330 e. The number of benzene rings is 1. The fourth-order valence-corrected chi connectivity index (χ4v) is 3.15. The van der Waals surface area contributed by atoms with Crippen molar-refractivity contribution in [2.24, 2.45) is 0 Å². The summed E-state index contributed by atoms with van der Waals surface area (Å²) in [6, 6.07) is 5.65. The van der Waals surface area contributed by atoms with Crippen LogP contribution in [0.15, 0.2) is 33.3 Å². The maximum atomic E-state index is 12.5. The number of hydrogen-bond acceptors (Lipinski definition) is 4. The van der Waals surface area contributed by atoms with E-state index in [0.29, 0.717) is 5.56 Å². The summed E-state index contributed by atoms with van der Waals surface area (Å²) in [7, 11) is 0. The van der Waals surface area contributed by atoms with E-state index in [2.05, 4.69) is 26.4 Å². The van der Waals surface area contributed by atoms with Crippen LogP contribution in [0.25, 0.3) is 0 Å². The maximum absolute atomic E-state index is 12.5. The molecule has 0 bridgehead atoms. The van der Waals surface area contributed by atoms with E-state index in [9.17, 15) is 14.7 Å². The molecule has 1 atom stereocenters. The van der Waals surface area contributed by atoms with E-state index in [1.165, 1.54) is 0 Å². The largest absolute Gasteiger partial charge is 0.479 e. The van der Waals surface area contributed by atoms with Crippen LogP contribution in [0.2, 0.25) is 0 Å². The highest BCUT2D eigenvalue weighted by Gasteiger charge is 2.28. The lowest BCUT2D eigenvalue weighted by atomic mass is 10.1. The minimum absolute atomic E-state index is 0.204. The van der Waals surface area contributed by atoms with E-state index in [-0.39, 0.29) is 5.69 Å². The summed E-state index contributed by atoms with van der Waals surface area (Å²) >= 11 is 3.31. The zero-order valence-electron chi connectivity index (χ0n) is 12.9. The molecule has 0 saturated carbocycles. The Bertz CT molecular complexity index is 754. The third kappa shape index (κ3) is 3.51. The molecule has 1 aliphatic rings. The number of nitrogens with one attached hydrogen (secondary N) is 1. The first-order valence-electron chi connectivity index (χ1n) is 7.83. The molecule has 1 amide bonds. The Morgan fingerprint density at radius 2 is 1.88 bits per heavy atom. The lowest BCUT2D eigenvalue weighted by molar-refractivity contribution is -0.139. The number of nitrogens with zero attached hydrogens (tertiary/aromatic N) is 1. The third-order valence-corrected chi connectivity index (χ3v) is 4.67. The van der Waals surface area contributed by atoms with Gasteiger partial charge in [-0.1, -0.05) is 39.6 Å². The van der Waals surface area contributed by atoms with Crippen LogP contribution in [0.5, 0.6) is 0 Å². The number of hydrogen-bond donors (Lipinski definition) is 2. The number of carbonyl (C=O) groups excluding carboxylic acids is 1. The van der Waals surface area contributed by atoms with Crippen molar-refractivity contribution < 1.29 is 19.2 Å². The van der Waals surface area contributed by atoms with Gasteiger partial charge in [-0.3, -0.25) is 4.79 Å². The number of aromatic nitrogens is 1. The lowest BCUT2D eigenvalue weighted by Crippen LogP contribution is -2.34. The summed E-state index contributed by atoms with van der Waals surface area (Å²) in [5, 5.41) is 15.9. The molecule has 6 nitrogen and oxygen atoms in total. The first kappa shape index (κ1) is 16.7. The number of rotatable bonds is 4. The molecule has 7 heteroatoms. The molecule has 0 radical (unpaired) electrons. The van der Waals surface area contributed by atoms with Crippen molar-refractivity contribution >= 4 is 27.8 Å². The highest BCUT2D eigenvalue weighted by Crippen LogP contribution is 2.24. The number of halogens is 1. The van der Waals surface area contributed by atoms with Gasteiger partial charge in [-0.15, -0.1) is 0 Å². The normalized spacial score (nSPS) is 15.2. The number of carboxylic acid groups (broad SMARTS) is 1. The molecule has 0 spiro atoms. The van der Waals surface area contributed by atoms with Gasteiger partial charge in [0.2, 0.25) is 0 Å². The Morgan fingerprint density at radius 1 is 1.17 bits per heavy atom. The predicted molar refractivity (Wildman–Crippen MR) is 89.7 cm³/mol. The van der Waals surface area contributed by atoms with Gasteiger partial charge in [0, 0.05) is 16.5 Å². The van der Waals surface area contributed by atoms with Gasteiger partial charge in [-0.05, 0) is 37.0 Å². The van der Waals surface area contributed by atoms with Crippen LogP contribution < -0.4 is 5.32 Å². The zero-order chi connectivity index (χ0) is 17.1. The number of fused-ring (bicyclic) bond motifs is 1. The summed E-state index contributed by atoms with van der Waals surface area (Å²) in [6.45, 7) is 0. The second-order valence-corrected chi connectivity index (χ2v) is 6.71. The summed E-state index contributed by atoms with van der Waals surface area (Å²) in [4.78, 5) is 24.1. The molecular weight excluding hydrogens is 376 g/mol. The molecule has 3 rings (SSSR count). The van der Waals surface area contributed by atoms with Gasteiger partial charge >= 0.3 is 5.97 Å². The van der Waals surface area contributed by atoms with Crippen molar-refractivity contribution in [1.82, 2.24) is 10.5 Å². The Hall–Kier alpha value is -2.15. The summed E-state index contributed by atoms with van der Waals surface area (Å²) < 4.78 is 6.12. The Balaban J connectivity index is 1.83. The van der Waals surface area contributed by atoms with E-state index < -0.39 is 17.9 Å². The van der Waals surface area contributed by atoms with Crippen molar-refractivity contribution in [3.63, 3.8) is 0 Å². The van der Waals surface area contributed by atoms with E-state index >= 15 is 0 Å². The molecule has 1 aliphatic carbocycles. The molecule has 0 aliphatic heterocycles. The molecule has 1 heterocycles. The van der Waals surface area contributed by atoms with Crippen molar-refractivity contribution in [2.75, 3.05) is 0 Å². The highest BCUT2D eigenvalue weighted by molar-refractivity contribution is 9.10. The van der Waals surface area contributed by atoms with Gasteiger partial charge in [0.05, 0.1) is 0 Å². The molecule has 2 N–H and O–H groups in total. The SMILES string of the molecule is O=C(NC(C(=O)O)c1ccc(Br)cc1)c1noc2c1CCCCC2. The van der Waals surface area contributed by atoms with E-state index in [0.717, 1.165) is 47.9 Å². The molecule has 1 unspecified atom stereocenters. The second kappa shape index (κ2) is 7.17. The van der Waals surface area contributed by atoms with Crippen LogP contribution in [-0.2, 0) is 17.6 Å². The van der Waals surface area contributed by atoms with Gasteiger partial charge in [0.15, 0.2) is 11.7 Å². The fourth-order valence-electron chi connectivity index (χ4n) is 2.88. The van der Waals surface area contributed by atoms with E-state index in [1.807, 2.05) is 0 Å². The quantitative estimate of drug-likeness (QED) is 0.778. The topological polar surface area (TPSA) is 92.4 Å². The number of amides is 1. The lowest BCUT2D eigenvalue weighted by Gasteiger charge is -2.14. The third-order valence-electron chi connectivity index (χ3n) is 4.14. The molecule has 1 aromatic carbocycles. The molecule has 0 saturated heterocycles. The summed E-state index contributed by atoms with van der Waals surface area (Å²) in [5.74, 6) is -0.898. The van der Waals surface area contributed by atoms with Gasteiger partial charge in [-0.2, -0.15) is 0 Å². The minimum atomic E-state index is -1.14. The second-order valence-electron chi connectivity index (χ2n) is 5.79. The Kier molecular flexibility index (Phi) is 4.99. The standard InChI is InChI=1S/C17H17BrN2O4/c18-11-8-6-10(7-9-11)14(17(22)23)19-16(21)15-12-4-2-1-3-5-13(12)24-20-15/h6-9,14H,1-5H2,(H,19,21)(H,22,23). The van der Waals surface area contributed by atoms with Gasteiger partial charge in [0.1, 0.15) is 5.76 Å². The molecule has 1 aromatic heterocycles. The highest BCUT2D eigenvalue weighted by atomic mass is 79.9. The van der Waals surface area contributed by atoms with Gasteiger partial charge in [0.25, 0.3) is 5.91 Å². The van der Waals surface area contributed by atoms with Gasteiger partial charge < -0.3 is 14.9 Å². The monoisotopic (exact) mass is 392 g/mol. The van der Waals surface area contributed by atoms with Crippen molar-refractivity contribution in [3.05, 3.63) is 51.3 Å². The summed E-state index contributed by atoms with van der Waals surface area (Å²) in [5.41, 5.74) is 1.51. The van der Waals surface area contributed by atoms with Crippen LogP contribution in [0.3, 0.4) is 0 Å². The predicted octanol–water partition coefficient (Wildman–Crippen LogP) is 3.26. The van der Waals surface area contributed by atoms with Gasteiger partial charge in [-0.25, -0.2) is 4.79 Å². The Labute approximate surface area is 147 Å². The van der Waals surface area contributed by atoms with Crippen LogP contribution in [0.4, 0.5) is 0 Å². The molecular formula is C17H17BrN2O4. The number of carboxylic acids is 1. The van der Waals surface area contributed by atoms with Crippen LogP contribution >= 0.6 is 15.9 Å². The molecule has 24 heavy (non-hydrogen) atoms. The molecule has 126 valence electrons. The van der Waals surface area contributed by atoms with Crippen LogP contribution in [-0.4, -0.2) is 22.1 Å². The first-order chi connectivity index (χ1) is 11.6. The van der Waals surface area contributed by atoms with Crippen LogP contribution in [0, 0.1) is 0 Å². The van der Waals surface area contributed by atoms with Crippen molar-refractivity contribution in [1.29, 1.82) is 0 Å². The van der Waals surface area contributed by atoms with E-state index in [1.54, 1.807) is 24.3 Å². The minimum Gasteiger partial charge on any atom is -0.479 e. The molecule has 2 aromatic rings. The van der Waals surface area contributed by atoms with Crippen molar-refractivity contribution in [3.8, 4) is 0 Å². The average Bonchev–Trinajstić information content (AvgIpc) is 2.82. The van der Waals surface area contributed by atoms with Crippen molar-refractivity contribution in [2.45, 2.75) is 38.1 Å². The average molecular weight is 393 g/mol. The fraction of sp³-hybridized carbons (Fsp3) is 0.353. The van der Waals surface area contributed by atoms with Crippen LogP contribution in [0.1, 0.15) is 52.7 Å². The Morgan fingerprint density at radius 3 is 2.58 bits per heavy atom. The smallest absolute Gasteiger partial charge is 0.330 e. The summed E-state index contributed by atoms with van der Waals surface area (Å²) in [6.07, 6.45) is 4.58. The first-order valence-corrected chi connectivity index (χ1v) is 8.62. The zero-order valence-corrected chi connectivity index (χ0v) is 14.5. The van der Waals surface area contributed by atoms with E-state index in [4.69, 9.17) is 4.52 Å².